The summed E-state index contributed by atoms with van der Waals surface area (Å²) < 4.78 is 1.92. The third kappa shape index (κ3) is 3.74. The summed E-state index contributed by atoms with van der Waals surface area (Å²) in [4.78, 5) is 16.1. The summed E-state index contributed by atoms with van der Waals surface area (Å²) in [6.45, 7) is 1.97. The van der Waals surface area contributed by atoms with Gasteiger partial charge in [-0.2, -0.15) is 0 Å². The Kier molecular flexibility index (Phi) is 4.34. The molecule has 0 saturated carbocycles. The van der Waals surface area contributed by atoms with E-state index in [1.165, 1.54) is 0 Å². The molecule has 0 unspecified atom stereocenters. The predicted octanol–water partition coefficient (Wildman–Crippen LogP) is 3.83. The molecule has 23 heavy (non-hydrogen) atoms. The van der Waals surface area contributed by atoms with Crippen molar-refractivity contribution in [2.24, 2.45) is 0 Å². The molecular weight excluding hydrogens is 286 g/mol. The van der Waals surface area contributed by atoms with Gasteiger partial charge in [0, 0.05) is 29.8 Å². The van der Waals surface area contributed by atoms with Crippen LogP contribution in [-0.2, 0) is 4.79 Å². The molecule has 4 heteroatoms. The smallest absolute Gasteiger partial charge is 0.248 e. The molecule has 0 radical (unpaired) electrons. The Bertz CT molecular complexity index is 821. The van der Waals surface area contributed by atoms with Crippen LogP contribution in [0.2, 0.25) is 0 Å². The van der Waals surface area contributed by atoms with Crippen LogP contribution in [0.1, 0.15) is 11.1 Å². The number of aromatic nitrogens is 2. The van der Waals surface area contributed by atoms with Gasteiger partial charge in [0.25, 0.3) is 0 Å². The van der Waals surface area contributed by atoms with Crippen molar-refractivity contribution in [3.8, 4) is 5.69 Å². The molecule has 0 bridgehead atoms. The minimum atomic E-state index is -0.146. The number of carbonyl (C=O) groups is 1. The molecule has 0 atom stereocenters. The number of carbonyl (C=O) groups excluding carboxylic acids is 1. The largest absolute Gasteiger partial charge is 0.322 e. The van der Waals surface area contributed by atoms with Gasteiger partial charge in [-0.15, -0.1) is 0 Å². The molecule has 0 saturated heterocycles. The molecule has 0 aliphatic carbocycles. The van der Waals surface area contributed by atoms with E-state index in [0.717, 1.165) is 22.5 Å². The topological polar surface area (TPSA) is 46.9 Å². The molecule has 3 rings (SSSR count). The van der Waals surface area contributed by atoms with Gasteiger partial charge in [-0.05, 0) is 42.3 Å². The van der Waals surface area contributed by atoms with E-state index in [-0.39, 0.29) is 5.91 Å². The number of anilines is 1. The summed E-state index contributed by atoms with van der Waals surface area (Å²) in [6, 6.07) is 15.6. The first kappa shape index (κ1) is 14.8. The van der Waals surface area contributed by atoms with E-state index >= 15 is 0 Å². The van der Waals surface area contributed by atoms with Crippen LogP contribution in [0.5, 0.6) is 0 Å². The van der Waals surface area contributed by atoms with Crippen molar-refractivity contribution < 1.29 is 4.79 Å². The zero-order valence-corrected chi connectivity index (χ0v) is 12.8. The summed E-state index contributed by atoms with van der Waals surface area (Å²) in [7, 11) is 0. The lowest BCUT2D eigenvalue weighted by Gasteiger charge is -2.09. The van der Waals surface area contributed by atoms with Crippen LogP contribution in [0, 0.1) is 6.92 Å². The molecule has 0 aliphatic heterocycles. The normalized spacial score (nSPS) is 10.8. The Morgan fingerprint density at radius 1 is 1.17 bits per heavy atom. The highest BCUT2D eigenvalue weighted by Gasteiger charge is 2.04. The van der Waals surface area contributed by atoms with E-state index < -0.39 is 0 Å². The van der Waals surface area contributed by atoms with Gasteiger partial charge >= 0.3 is 0 Å². The zero-order valence-electron chi connectivity index (χ0n) is 12.8. The van der Waals surface area contributed by atoms with E-state index in [4.69, 9.17) is 0 Å². The van der Waals surface area contributed by atoms with Crippen molar-refractivity contribution in [2.45, 2.75) is 6.92 Å². The number of nitrogens with zero attached hydrogens (tertiary/aromatic N) is 2. The maximum atomic E-state index is 12.0. The summed E-state index contributed by atoms with van der Waals surface area (Å²) in [5.41, 5.74) is 3.81. The van der Waals surface area contributed by atoms with Gasteiger partial charge in [0.15, 0.2) is 0 Å². The van der Waals surface area contributed by atoms with Gasteiger partial charge in [-0.25, -0.2) is 4.98 Å². The molecule has 1 N–H and O–H groups in total. The number of amides is 1. The third-order valence-electron chi connectivity index (χ3n) is 3.50. The van der Waals surface area contributed by atoms with E-state index in [1.807, 2.05) is 66.2 Å². The number of rotatable bonds is 4. The number of benzene rings is 2. The Hall–Kier alpha value is -3.14. The minimum Gasteiger partial charge on any atom is -0.322 e. The van der Waals surface area contributed by atoms with Gasteiger partial charge < -0.3 is 9.88 Å². The predicted molar refractivity (Wildman–Crippen MR) is 92.4 cm³/mol. The fraction of sp³-hybridized carbons (Fsp3) is 0.0526. The quantitative estimate of drug-likeness (QED) is 0.745. The average molecular weight is 303 g/mol. The van der Waals surface area contributed by atoms with E-state index in [0.29, 0.717) is 0 Å². The molecular formula is C19H17N3O. The summed E-state index contributed by atoms with van der Waals surface area (Å²) in [6.07, 6.45) is 8.70. The highest BCUT2D eigenvalue weighted by molar-refractivity contribution is 6.02. The first-order chi connectivity index (χ1) is 11.2. The Morgan fingerprint density at radius 2 is 2.00 bits per heavy atom. The monoisotopic (exact) mass is 303 g/mol. The van der Waals surface area contributed by atoms with E-state index in [2.05, 4.69) is 10.3 Å². The first-order valence-corrected chi connectivity index (χ1v) is 7.35. The zero-order chi connectivity index (χ0) is 16.1. The fourth-order valence-corrected chi connectivity index (χ4v) is 2.27. The van der Waals surface area contributed by atoms with Gasteiger partial charge in [-0.1, -0.05) is 30.3 Å². The molecule has 1 heterocycles. The number of hydrogen-bond acceptors (Lipinski definition) is 2. The molecule has 1 amide bonds. The van der Waals surface area contributed by atoms with Crippen LogP contribution >= 0.6 is 0 Å². The van der Waals surface area contributed by atoms with Crippen molar-refractivity contribution in [1.29, 1.82) is 0 Å². The molecule has 1 aromatic heterocycles. The average Bonchev–Trinajstić information content (AvgIpc) is 3.10. The van der Waals surface area contributed by atoms with Crippen molar-refractivity contribution in [3.05, 3.63) is 84.5 Å². The third-order valence-corrected chi connectivity index (χ3v) is 3.50. The number of hydrogen-bond donors (Lipinski definition) is 1. The van der Waals surface area contributed by atoms with Crippen LogP contribution in [0.3, 0.4) is 0 Å². The molecule has 114 valence electrons. The SMILES string of the molecule is Cc1cc(-n2ccnc2)ccc1NC(=O)C=Cc1ccccc1. The van der Waals surface area contributed by atoms with Crippen molar-refractivity contribution in [3.63, 3.8) is 0 Å². The van der Waals surface area contributed by atoms with Crippen molar-refractivity contribution in [2.75, 3.05) is 5.32 Å². The summed E-state index contributed by atoms with van der Waals surface area (Å²) in [5, 5.41) is 2.90. The lowest BCUT2D eigenvalue weighted by Crippen LogP contribution is -2.09. The van der Waals surface area contributed by atoms with E-state index in [1.54, 1.807) is 24.7 Å². The Morgan fingerprint density at radius 3 is 2.70 bits per heavy atom. The van der Waals surface area contributed by atoms with Gasteiger partial charge in [0.1, 0.15) is 0 Å². The van der Waals surface area contributed by atoms with Crippen molar-refractivity contribution in [1.82, 2.24) is 9.55 Å². The van der Waals surface area contributed by atoms with Crippen molar-refractivity contribution >= 4 is 17.7 Å². The lowest BCUT2D eigenvalue weighted by molar-refractivity contribution is -0.111. The molecule has 4 nitrogen and oxygen atoms in total. The summed E-state index contributed by atoms with van der Waals surface area (Å²) in [5.74, 6) is -0.146. The van der Waals surface area contributed by atoms with Gasteiger partial charge in [0.2, 0.25) is 5.91 Å². The second-order valence-corrected chi connectivity index (χ2v) is 5.20. The number of aryl methyl sites for hydroxylation is 1. The standard InChI is InChI=1S/C19H17N3O/c1-15-13-17(22-12-11-20-14-22)8-9-18(15)21-19(23)10-7-16-5-3-2-4-6-16/h2-14H,1H3,(H,21,23). The lowest BCUT2D eigenvalue weighted by atomic mass is 10.1. The molecule has 2 aromatic carbocycles. The highest BCUT2D eigenvalue weighted by Crippen LogP contribution is 2.19. The van der Waals surface area contributed by atoms with Crippen LogP contribution < -0.4 is 5.32 Å². The second kappa shape index (κ2) is 6.75. The molecule has 0 spiro atoms. The minimum absolute atomic E-state index is 0.146. The highest BCUT2D eigenvalue weighted by atomic mass is 16.1. The second-order valence-electron chi connectivity index (χ2n) is 5.20. The van der Waals surface area contributed by atoms with E-state index in [9.17, 15) is 4.79 Å². The number of nitrogens with one attached hydrogen (secondary N) is 1. The van der Waals surface area contributed by atoms with Gasteiger partial charge in [-0.3, -0.25) is 4.79 Å². The van der Waals surface area contributed by atoms with Crippen LogP contribution in [-0.4, -0.2) is 15.5 Å². The Labute approximate surface area is 135 Å². The summed E-state index contributed by atoms with van der Waals surface area (Å²) >= 11 is 0. The first-order valence-electron chi connectivity index (χ1n) is 7.35. The fourth-order valence-electron chi connectivity index (χ4n) is 2.27. The molecule has 3 aromatic rings. The maximum absolute atomic E-state index is 12.0. The van der Waals surface area contributed by atoms with Crippen LogP contribution in [0.15, 0.2) is 73.3 Å². The Balaban J connectivity index is 1.70. The molecule has 0 aliphatic rings. The van der Waals surface area contributed by atoms with Crippen LogP contribution in [0.25, 0.3) is 11.8 Å². The number of imidazole rings is 1. The van der Waals surface area contributed by atoms with Gasteiger partial charge in [0.05, 0.1) is 6.33 Å². The molecule has 0 fully saturated rings. The van der Waals surface area contributed by atoms with Crippen LogP contribution in [0.4, 0.5) is 5.69 Å². The maximum Gasteiger partial charge on any atom is 0.248 e.